The first kappa shape index (κ1) is 22.2. The minimum atomic E-state index is -0.211. The smallest absolute Gasteiger partial charge is 0.264 e. The van der Waals surface area contributed by atoms with Crippen LogP contribution in [0, 0.1) is 0 Å². The van der Waals surface area contributed by atoms with Gasteiger partial charge in [0.15, 0.2) is 0 Å². The van der Waals surface area contributed by atoms with Gasteiger partial charge in [-0.15, -0.1) is 11.3 Å². The van der Waals surface area contributed by atoms with Gasteiger partial charge in [0.2, 0.25) is 0 Å². The van der Waals surface area contributed by atoms with Gasteiger partial charge in [0.25, 0.3) is 5.91 Å². The number of amides is 1. The zero-order chi connectivity index (χ0) is 20.7. The minimum absolute atomic E-state index is 0.00756. The number of aliphatic imine (C=N–C) groups is 1. The molecule has 1 aliphatic heterocycles. The van der Waals surface area contributed by atoms with Crippen molar-refractivity contribution in [3.63, 3.8) is 0 Å². The molecule has 28 heavy (non-hydrogen) atoms. The van der Waals surface area contributed by atoms with Crippen LogP contribution < -0.4 is 21.9 Å². The topological polar surface area (TPSA) is 91.5 Å². The maximum atomic E-state index is 13.1. The lowest BCUT2D eigenvalue weighted by Gasteiger charge is -2.33. The summed E-state index contributed by atoms with van der Waals surface area (Å²) < 4.78 is 0.995. The largest absolute Gasteiger partial charge is 0.381 e. The summed E-state index contributed by atoms with van der Waals surface area (Å²) in [4.78, 5) is 17.8. The molecule has 0 radical (unpaired) electrons. The Morgan fingerprint density at radius 2 is 2.04 bits per heavy atom. The third kappa shape index (κ3) is 4.15. The fraction of sp³-hybridized carbons (Fsp3) is 0.524. The van der Waals surface area contributed by atoms with Crippen LogP contribution >= 0.6 is 11.3 Å². The summed E-state index contributed by atoms with van der Waals surface area (Å²) >= 11 is 1.48. The second-order valence-corrected chi connectivity index (χ2v) is 7.94. The summed E-state index contributed by atoms with van der Waals surface area (Å²) in [7, 11) is 0. The van der Waals surface area contributed by atoms with Crippen molar-refractivity contribution >= 4 is 51.1 Å². The summed E-state index contributed by atoms with van der Waals surface area (Å²) in [5.74, 6) is 5.76. The number of rotatable bonds is 7. The molecule has 1 aromatic heterocycles. The number of nitrogens with zero attached hydrogens (tertiary/aromatic N) is 1. The maximum absolute atomic E-state index is 13.1. The molecule has 1 unspecified atom stereocenters. The number of thiophene rings is 1. The van der Waals surface area contributed by atoms with Crippen LogP contribution in [0.2, 0.25) is 0 Å². The Bertz CT molecular complexity index is 832. The van der Waals surface area contributed by atoms with E-state index in [0.717, 1.165) is 47.9 Å². The number of hydrazine groups is 1. The SMILES string of the molecule is C=Nc1ccc2sc3c(c2c1NN)NCC(CCC)(CCCC)NC3=O.CC. The second-order valence-electron chi connectivity index (χ2n) is 6.88. The molecule has 2 aromatic rings. The lowest BCUT2D eigenvalue weighted by atomic mass is 9.87. The van der Waals surface area contributed by atoms with E-state index in [0.29, 0.717) is 22.8 Å². The van der Waals surface area contributed by atoms with Gasteiger partial charge in [-0.05, 0) is 31.7 Å². The molecule has 1 amide bonds. The molecule has 0 saturated carbocycles. The maximum Gasteiger partial charge on any atom is 0.264 e. The highest BCUT2D eigenvalue weighted by atomic mass is 32.1. The Balaban J connectivity index is 0.00000136. The lowest BCUT2D eigenvalue weighted by Crippen LogP contribution is -2.51. The van der Waals surface area contributed by atoms with Crippen LogP contribution in [-0.2, 0) is 0 Å². The Kier molecular flexibility index (Phi) is 7.83. The number of benzene rings is 1. The van der Waals surface area contributed by atoms with Crippen molar-refractivity contribution in [3.8, 4) is 0 Å². The van der Waals surface area contributed by atoms with Crippen LogP contribution in [0.1, 0.15) is 69.5 Å². The van der Waals surface area contributed by atoms with Crippen molar-refractivity contribution < 1.29 is 4.79 Å². The van der Waals surface area contributed by atoms with E-state index in [1.54, 1.807) is 0 Å². The molecule has 0 saturated heterocycles. The molecular weight excluding hydrogens is 370 g/mol. The van der Waals surface area contributed by atoms with Gasteiger partial charge in [0, 0.05) is 16.6 Å². The highest BCUT2D eigenvalue weighted by molar-refractivity contribution is 7.21. The second kappa shape index (κ2) is 9.89. The van der Waals surface area contributed by atoms with Crippen molar-refractivity contribution in [1.29, 1.82) is 0 Å². The number of carbonyl (C=O) groups excluding carboxylic acids is 1. The quantitative estimate of drug-likeness (QED) is 0.282. The number of unbranched alkanes of at least 4 members (excludes halogenated alkanes) is 1. The first-order valence-corrected chi connectivity index (χ1v) is 11.0. The average molecular weight is 404 g/mol. The Morgan fingerprint density at radius 3 is 2.64 bits per heavy atom. The molecule has 2 heterocycles. The molecule has 1 atom stereocenters. The van der Waals surface area contributed by atoms with Gasteiger partial charge in [-0.25, -0.2) is 0 Å². The molecule has 0 spiro atoms. The normalized spacial score (nSPS) is 18.2. The average Bonchev–Trinajstić information content (AvgIpc) is 3.04. The number of nitrogen functional groups attached to an aromatic ring is 1. The van der Waals surface area contributed by atoms with Gasteiger partial charge in [0.05, 0.1) is 22.6 Å². The number of nitrogens with two attached hydrogens (primary N) is 1. The van der Waals surface area contributed by atoms with Crippen LogP contribution in [0.15, 0.2) is 17.1 Å². The van der Waals surface area contributed by atoms with E-state index >= 15 is 0 Å². The third-order valence-corrected chi connectivity index (χ3v) is 6.23. The predicted molar refractivity (Wildman–Crippen MR) is 123 cm³/mol. The standard InChI is InChI=1S/C19H27N5OS.C2H6/c1-4-6-10-19(9-5-2)11-22-16-14-13(26-17(16)18(25)23-19)8-7-12(21-3)15(14)24-20;1-2/h7-8,22,24H,3-6,9-11,20H2,1-2H3,(H,23,25);1-2H3. The van der Waals surface area contributed by atoms with E-state index < -0.39 is 0 Å². The molecule has 0 fully saturated rings. The van der Waals surface area contributed by atoms with Crippen molar-refractivity contribution in [3.05, 3.63) is 17.0 Å². The number of nitrogens with one attached hydrogen (secondary N) is 3. The lowest BCUT2D eigenvalue weighted by molar-refractivity contribution is 0.0900. The molecule has 5 N–H and O–H groups in total. The van der Waals surface area contributed by atoms with Gasteiger partial charge >= 0.3 is 0 Å². The number of fused-ring (bicyclic) bond motifs is 3. The summed E-state index contributed by atoms with van der Waals surface area (Å²) in [5.41, 5.74) is 4.75. The van der Waals surface area contributed by atoms with E-state index in [9.17, 15) is 4.79 Å². The molecule has 0 aliphatic carbocycles. The van der Waals surface area contributed by atoms with Crippen molar-refractivity contribution in [2.75, 3.05) is 17.3 Å². The molecule has 1 aliphatic rings. The monoisotopic (exact) mass is 403 g/mol. The van der Waals surface area contributed by atoms with Gasteiger partial charge < -0.3 is 16.1 Å². The van der Waals surface area contributed by atoms with Crippen LogP contribution in [0.3, 0.4) is 0 Å². The molecule has 0 bridgehead atoms. The van der Waals surface area contributed by atoms with Crippen molar-refractivity contribution in [2.45, 2.75) is 65.3 Å². The van der Waals surface area contributed by atoms with E-state index in [2.05, 4.69) is 41.6 Å². The van der Waals surface area contributed by atoms with Gasteiger partial charge in [-0.1, -0.05) is 47.0 Å². The molecule has 7 heteroatoms. The number of carbonyl (C=O) groups is 1. The van der Waals surface area contributed by atoms with Gasteiger partial charge in [-0.2, -0.15) is 0 Å². The van der Waals surface area contributed by atoms with E-state index in [1.165, 1.54) is 11.3 Å². The van der Waals surface area contributed by atoms with Crippen molar-refractivity contribution in [2.24, 2.45) is 10.8 Å². The highest BCUT2D eigenvalue weighted by Crippen LogP contribution is 2.45. The minimum Gasteiger partial charge on any atom is -0.381 e. The molecule has 154 valence electrons. The van der Waals surface area contributed by atoms with E-state index in [-0.39, 0.29) is 11.4 Å². The number of hydrogen-bond donors (Lipinski definition) is 4. The van der Waals surface area contributed by atoms with Crippen LogP contribution in [0.4, 0.5) is 17.1 Å². The van der Waals surface area contributed by atoms with Crippen LogP contribution in [-0.4, -0.2) is 24.7 Å². The fourth-order valence-electron chi connectivity index (χ4n) is 3.81. The first-order valence-electron chi connectivity index (χ1n) is 10.2. The predicted octanol–water partition coefficient (Wildman–Crippen LogP) is 5.43. The summed E-state index contributed by atoms with van der Waals surface area (Å²) in [6.07, 6.45) is 5.17. The molecule has 3 rings (SSSR count). The Labute approximate surface area is 172 Å². The van der Waals surface area contributed by atoms with E-state index in [1.807, 2.05) is 26.0 Å². The summed E-state index contributed by atoms with van der Waals surface area (Å²) in [6, 6.07) is 3.83. The van der Waals surface area contributed by atoms with E-state index in [4.69, 9.17) is 5.84 Å². The summed E-state index contributed by atoms with van der Waals surface area (Å²) in [6.45, 7) is 12.7. The Hall–Kier alpha value is -2.12. The first-order chi connectivity index (χ1) is 13.6. The highest BCUT2D eigenvalue weighted by Gasteiger charge is 2.36. The van der Waals surface area contributed by atoms with Gasteiger partial charge in [0.1, 0.15) is 4.88 Å². The molecular formula is C21H33N5OS. The van der Waals surface area contributed by atoms with Crippen LogP contribution in [0.5, 0.6) is 0 Å². The molecule has 1 aromatic carbocycles. The zero-order valence-corrected chi connectivity index (χ0v) is 18.3. The number of hydrogen-bond acceptors (Lipinski definition) is 6. The van der Waals surface area contributed by atoms with Crippen molar-refractivity contribution in [1.82, 2.24) is 5.32 Å². The third-order valence-electron chi connectivity index (χ3n) is 5.07. The zero-order valence-electron chi connectivity index (χ0n) is 17.4. The summed E-state index contributed by atoms with van der Waals surface area (Å²) in [5, 5.41) is 7.80. The van der Waals surface area contributed by atoms with Crippen LogP contribution in [0.25, 0.3) is 10.1 Å². The Morgan fingerprint density at radius 1 is 1.29 bits per heavy atom. The number of anilines is 2. The molecule has 6 nitrogen and oxygen atoms in total. The fourth-order valence-corrected chi connectivity index (χ4v) is 4.89. The van der Waals surface area contributed by atoms with Gasteiger partial charge in [-0.3, -0.25) is 15.6 Å².